The maximum Gasteiger partial charge on any atom is 0.304 e. The van der Waals surface area contributed by atoms with Crippen LogP contribution in [0.5, 0.6) is 0 Å². The second-order valence-corrected chi connectivity index (χ2v) is 4.66. The van der Waals surface area contributed by atoms with Crippen molar-refractivity contribution in [3.63, 3.8) is 0 Å². The molecule has 1 aromatic heterocycles. The van der Waals surface area contributed by atoms with E-state index in [4.69, 9.17) is 5.11 Å². The number of hydrogen-bond acceptors (Lipinski definition) is 2. The van der Waals surface area contributed by atoms with Gasteiger partial charge in [0.15, 0.2) is 0 Å². The number of aromatic nitrogens is 1. The van der Waals surface area contributed by atoms with Crippen LogP contribution in [0.1, 0.15) is 17.9 Å². The highest BCUT2D eigenvalue weighted by Gasteiger charge is 2.18. The first-order valence-corrected chi connectivity index (χ1v) is 6.27. The van der Waals surface area contributed by atoms with Gasteiger partial charge in [0.1, 0.15) is 0 Å². The number of carboxylic acids is 1. The van der Waals surface area contributed by atoms with Gasteiger partial charge in [-0.15, -0.1) is 0 Å². The van der Waals surface area contributed by atoms with Gasteiger partial charge in [-0.3, -0.25) is 4.79 Å². The summed E-state index contributed by atoms with van der Waals surface area (Å²) in [6, 6.07) is 11.9. The van der Waals surface area contributed by atoms with Gasteiger partial charge in [-0.2, -0.15) is 0 Å². The van der Waals surface area contributed by atoms with Gasteiger partial charge in [0.2, 0.25) is 0 Å². The van der Waals surface area contributed by atoms with Crippen molar-refractivity contribution in [2.75, 3.05) is 18.5 Å². The lowest BCUT2D eigenvalue weighted by Gasteiger charge is -2.24. The van der Waals surface area contributed by atoms with Crippen LogP contribution in [0.25, 0.3) is 0 Å². The third-order valence-corrected chi connectivity index (χ3v) is 3.21. The molecule has 2 N–H and O–H groups in total. The molecule has 0 amide bonds. The molecule has 1 atom stereocenters. The number of para-hydroxylation sites is 1. The predicted molar refractivity (Wildman–Crippen MR) is 75.5 cm³/mol. The van der Waals surface area contributed by atoms with Crippen LogP contribution in [-0.4, -0.2) is 29.7 Å². The summed E-state index contributed by atoms with van der Waals surface area (Å²) in [6.45, 7) is 0.675. The summed E-state index contributed by atoms with van der Waals surface area (Å²) in [4.78, 5) is 16.1. The quantitative estimate of drug-likeness (QED) is 0.837. The first kappa shape index (κ1) is 13.2. The van der Waals surface area contributed by atoms with Gasteiger partial charge in [-0.1, -0.05) is 18.2 Å². The number of hydrogen-bond donors (Lipinski definition) is 2. The summed E-state index contributed by atoms with van der Waals surface area (Å²) in [7, 11) is 1.98. The van der Waals surface area contributed by atoms with Gasteiger partial charge in [-0.05, 0) is 23.8 Å². The van der Waals surface area contributed by atoms with E-state index in [2.05, 4.69) is 9.88 Å². The SMILES string of the molecule is CN(CC(CC(=O)O)c1cc[nH]c1)c1ccccc1. The van der Waals surface area contributed by atoms with Crippen molar-refractivity contribution in [3.05, 3.63) is 54.4 Å². The summed E-state index contributed by atoms with van der Waals surface area (Å²) in [5.74, 6) is -0.790. The molecule has 4 nitrogen and oxygen atoms in total. The molecule has 1 unspecified atom stereocenters. The number of rotatable bonds is 6. The number of benzene rings is 1. The summed E-state index contributed by atoms with van der Waals surface area (Å²) in [5.41, 5.74) is 2.12. The van der Waals surface area contributed by atoms with Crippen LogP contribution in [0.15, 0.2) is 48.8 Å². The van der Waals surface area contributed by atoms with Crippen LogP contribution in [0.4, 0.5) is 5.69 Å². The minimum Gasteiger partial charge on any atom is -0.481 e. The summed E-state index contributed by atoms with van der Waals surface area (Å²) < 4.78 is 0. The third-order valence-electron chi connectivity index (χ3n) is 3.21. The number of H-pyrrole nitrogens is 1. The zero-order valence-electron chi connectivity index (χ0n) is 10.9. The number of carboxylic acid groups (broad SMARTS) is 1. The van der Waals surface area contributed by atoms with E-state index >= 15 is 0 Å². The minimum atomic E-state index is -0.771. The number of carbonyl (C=O) groups is 1. The summed E-state index contributed by atoms with van der Waals surface area (Å²) in [6.07, 6.45) is 3.83. The normalized spacial score (nSPS) is 12.1. The number of anilines is 1. The highest BCUT2D eigenvalue weighted by molar-refractivity contribution is 5.68. The maximum atomic E-state index is 11.0. The van der Waals surface area contributed by atoms with Crippen molar-refractivity contribution in [2.45, 2.75) is 12.3 Å². The maximum absolute atomic E-state index is 11.0. The summed E-state index contributed by atoms with van der Waals surface area (Å²) in [5, 5.41) is 9.04. The molecule has 2 aromatic rings. The monoisotopic (exact) mass is 258 g/mol. The molecule has 0 spiro atoms. The van der Waals surface area contributed by atoms with E-state index in [1.165, 1.54) is 0 Å². The van der Waals surface area contributed by atoms with Gasteiger partial charge in [0, 0.05) is 37.6 Å². The fourth-order valence-electron chi connectivity index (χ4n) is 2.21. The molecule has 0 saturated heterocycles. The molecule has 1 aromatic carbocycles. The Morgan fingerprint density at radius 2 is 2.05 bits per heavy atom. The lowest BCUT2D eigenvalue weighted by Crippen LogP contribution is -2.25. The number of aliphatic carboxylic acids is 1. The molecule has 0 aliphatic heterocycles. The van der Waals surface area contributed by atoms with Crippen molar-refractivity contribution in [3.8, 4) is 0 Å². The standard InChI is InChI=1S/C15H18N2O2/c1-17(14-5-3-2-4-6-14)11-13(9-15(18)19)12-7-8-16-10-12/h2-8,10,13,16H,9,11H2,1H3,(H,18,19). The fraction of sp³-hybridized carbons (Fsp3) is 0.267. The van der Waals surface area contributed by atoms with Gasteiger partial charge < -0.3 is 15.0 Å². The van der Waals surface area contributed by atoms with Crippen molar-refractivity contribution in [1.82, 2.24) is 4.98 Å². The van der Waals surface area contributed by atoms with Crippen molar-refractivity contribution in [1.29, 1.82) is 0 Å². The van der Waals surface area contributed by atoms with Crippen LogP contribution in [0, 0.1) is 0 Å². The zero-order valence-corrected chi connectivity index (χ0v) is 10.9. The van der Waals surface area contributed by atoms with Crippen molar-refractivity contribution < 1.29 is 9.90 Å². The largest absolute Gasteiger partial charge is 0.481 e. The smallest absolute Gasteiger partial charge is 0.304 e. The van der Waals surface area contributed by atoms with Crippen LogP contribution >= 0.6 is 0 Å². The van der Waals surface area contributed by atoms with Crippen LogP contribution in [-0.2, 0) is 4.79 Å². The van der Waals surface area contributed by atoms with Gasteiger partial charge in [-0.25, -0.2) is 0 Å². The molecule has 0 bridgehead atoms. The molecule has 0 saturated carbocycles. The second kappa shape index (κ2) is 6.09. The fourth-order valence-corrected chi connectivity index (χ4v) is 2.21. The van der Waals surface area contributed by atoms with E-state index in [0.29, 0.717) is 6.54 Å². The topological polar surface area (TPSA) is 56.3 Å². The average molecular weight is 258 g/mol. The van der Waals surface area contributed by atoms with E-state index in [1.54, 1.807) is 0 Å². The van der Waals surface area contributed by atoms with E-state index < -0.39 is 5.97 Å². The molecule has 2 rings (SSSR count). The number of nitrogens with zero attached hydrogens (tertiary/aromatic N) is 1. The van der Waals surface area contributed by atoms with Gasteiger partial charge in [0.05, 0.1) is 6.42 Å². The molecule has 0 aliphatic rings. The second-order valence-electron chi connectivity index (χ2n) is 4.66. The Hall–Kier alpha value is -2.23. The third kappa shape index (κ3) is 3.61. The average Bonchev–Trinajstić information content (AvgIpc) is 2.92. The van der Waals surface area contributed by atoms with E-state index in [-0.39, 0.29) is 12.3 Å². The highest BCUT2D eigenvalue weighted by atomic mass is 16.4. The predicted octanol–water partition coefficient (Wildman–Crippen LogP) is 2.71. The molecular weight excluding hydrogens is 240 g/mol. The lowest BCUT2D eigenvalue weighted by atomic mass is 9.97. The Labute approximate surface area is 112 Å². The van der Waals surface area contributed by atoms with Gasteiger partial charge >= 0.3 is 5.97 Å². The van der Waals surface area contributed by atoms with E-state index in [9.17, 15) is 4.79 Å². The first-order chi connectivity index (χ1) is 9.16. The van der Waals surface area contributed by atoms with Gasteiger partial charge in [0.25, 0.3) is 0 Å². The van der Waals surface area contributed by atoms with Crippen LogP contribution < -0.4 is 4.90 Å². The Kier molecular flexibility index (Phi) is 4.23. The summed E-state index contributed by atoms with van der Waals surface area (Å²) >= 11 is 0. The Bertz CT molecular complexity index is 508. The zero-order chi connectivity index (χ0) is 13.7. The molecule has 1 heterocycles. The number of likely N-dealkylation sites (N-methyl/N-ethyl adjacent to an activating group) is 1. The molecule has 100 valence electrons. The number of nitrogens with one attached hydrogen (secondary N) is 1. The molecule has 0 radical (unpaired) electrons. The molecule has 4 heteroatoms. The van der Waals surface area contributed by atoms with Crippen LogP contribution in [0.2, 0.25) is 0 Å². The molecule has 19 heavy (non-hydrogen) atoms. The van der Waals surface area contributed by atoms with Crippen molar-refractivity contribution >= 4 is 11.7 Å². The van der Waals surface area contributed by atoms with E-state index in [0.717, 1.165) is 11.3 Å². The minimum absolute atomic E-state index is 0.0195. The Morgan fingerprint density at radius 3 is 2.63 bits per heavy atom. The van der Waals surface area contributed by atoms with E-state index in [1.807, 2.05) is 55.8 Å². The highest BCUT2D eigenvalue weighted by Crippen LogP contribution is 2.23. The molecular formula is C15H18N2O2. The van der Waals surface area contributed by atoms with Crippen LogP contribution in [0.3, 0.4) is 0 Å². The molecule has 0 fully saturated rings. The van der Waals surface area contributed by atoms with Crippen molar-refractivity contribution in [2.24, 2.45) is 0 Å². The lowest BCUT2D eigenvalue weighted by molar-refractivity contribution is -0.137. The number of aromatic amines is 1. The molecule has 0 aliphatic carbocycles. The first-order valence-electron chi connectivity index (χ1n) is 6.27. The Morgan fingerprint density at radius 1 is 1.32 bits per heavy atom. The Balaban J connectivity index is 2.10.